The second-order valence-electron chi connectivity index (χ2n) is 10.5. The highest BCUT2D eigenvalue weighted by atomic mass is 19.4. The zero-order valence-electron chi connectivity index (χ0n) is 22.0. The van der Waals surface area contributed by atoms with E-state index in [2.05, 4.69) is 24.8 Å². The number of rotatable bonds is 5. The average molecular weight is 566 g/mol. The fourth-order valence-electron chi connectivity index (χ4n) is 6.23. The second kappa shape index (κ2) is 9.53. The lowest BCUT2D eigenvalue weighted by atomic mass is 9.95. The molecule has 6 rings (SSSR count). The van der Waals surface area contributed by atoms with E-state index in [0.717, 1.165) is 32.4 Å². The van der Waals surface area contributed by atoms with Crippen molar-refractivity contribution in [2.24, 2.45) is 0 Å². The molecule has 2 fully saturated rings. The molecule has 40 heavy (non-hydrogen) atoms. The average Bonchev–Trinajstić information content (AvgIpc) is 3.33. The molecule has 2 atom stereocenters. The Labute approximate surface area is 226 Å². The predicted octanol–water partition coefficient (Wildman–Crippen LogP) is 4.31. The standard InChI is InChI=1S/C26H28F5N7O2/c1-3-37-7-8-39-23-17-21(19(28)20(34-23)15-9-16(32)33-13(2)18(15)26(29,30)31)35-24(36-22(17)37)40-12-25-5-4-6-38(25)11-14(27)10-25/h9,14H,3-8,10-12H2,1-2H3,(H2,32,33)/t14?,25-/m0/s1. The highest BCUT2D eigenvalue weighted by Gasteiger charge is 2.49. The number of likely N-dealkylation sites (N-methyl/N-ethyl adjacent to an activating group) is 1. The van der Waals surface area contributed by atoms with Gasteiger partial charge < -0.3 is 20.1 Å². The third kappa shape index (κ3) is 4.32. The van der Waals surface area contributed by atoms with Crippen molar-refractivity contribution < 1.29 is 31.4 Å². The van der Waals surface area contributed by atoms with Crippen LogP contribution in [0, 0.1) is 12.7 Å². The minimum absolute atomic E-state index is 0.0957. The van der Waals surface area contributed by atoms with Gasteiger partial charge >= 0.3 is 12.2 Å². The largest absolute Gasteiger partial charge is 0.475 e. The third-order valence-electron chi connectivity index (χ3n) is 7.98. The van der Waals surface area contributed by atoms with Crippen molar-refractivity contribution >= 4 is 22.5 Å². The summed E-state index contributed by atoms with van der Waals surface area (Å²) in [5.41, 5.74) is 2.21. The smallest absolute Gasteiger partial charge is 0.418 e. The summed E-state index contributed by atoms with van der Waals surface area (Å²) >= 11 is 0. The monoisotopic (exact) mass is 565 g/mol. The summed E-state index contributed by atoms with van der Waals surface area (Å²) in [7, 11) is 0. The number of anilines is 2. The molecule has 0 saturated carbocycles. The van der Waals surface area contributed by atoms with E-state index in [1.54, 1.807) is 0 Å². The Bertz CT molecular complexity index is 1490. The fourth-order valence-corrected chi connectivity index (χ4v) is 6.23. The molecule has 14 heteroatoms. The number of pyridine rings is 2. The Morgan fingerprint density at radius 2 is 2.00 bits per heavy atom. The van der Waals surface area contributed by atoms with Gasteiger partial charge in [0.05, 0.1) is 23.3 Å². The van der Waals surface area contributed by atoms with Crippen LogP contribution in [0.25, 0.3) is 22.2 Å². The van der Waals surface area contributed by atoms with Gasteiger partial charge in [0.2, 0.25) is 5.88 Å². The maximum absolute atomic E-state index is 16.3. The molecule has 3 aromatic rings. The van der Waals surface area contributed by atoms with E-state index >= 15 is 4.39 Å². The molecular formula is C26H28F5N7O2. The number of ether oxygens (including phenoxy) is 2. The van der Waals surface area contributed by atoms with Crippen LogP contribution in [0.2, 0.25) is 0 Å². The number of nitrogen functional groups attached to an aromatic ring is 1. The maximum atomic E-state index is 16.3. The Morgan fingerprint density at radius 1 is 1.20 bits per heavy atom. The first-order valence-corrected chi connectivity index (χ1v) is 13.2. The van der Waals surface area contributed by atoms with Crippen molar-refractivity contribution in [2.75, 3.05) is 50.0 Å². The number of hydrogen-bond acceptors (Lipinski definition) is 9. The van der Waals surface area contributed by atoms with E-state index in [-0.39, 0.29) is 41.8 Å². The number of aromatic nitrogens is 4. The first kappa shape index (κ1) is 26.7. The van der Waals surface area contributed by atoms with Crippen molar-refractivity contribution in [3.05, 3.63) is 23.1 Å². The van der Waals surface area contributed by atoms with Crippen molar-refractivity contribution in [3.63, 3.8) is 0 Å². The van der Waals surface area contributed by atoms with Crippen molar-refractivity contribution in [2.45, 2.75) is 51.0 Å². The molecule has 0 radical (unpaired) electrons. The topological polar surface area (TPSA) is 103 Å². The van der Waals surface area contributed by atoms with Crippen LogP contribution in [0.15, 0.2) is 6.07 Å². The van der Waals surface area contributed by atoms with Crippen LogP contribution in [-0.2, 0) is 6.18 Å². The van der Waals surface area contributed by atoms with Crippen molar-refractivity contribution in [1.82, 2.24) is 24.8 Å². The van der Waals surface area contributed by atoms with Gasteiger partial charge in [-0.05, 0) is 39.3 Å². The highest BCUT2D eigenvalue weighted by Crippen LogP contribution is 2.44. The summed E-state index contributed by atoms with van der Waals surface area (Å²) in [4.78, 5) is 20.7. The Morgan fingerprint density at radius 3 is 2.75 bits per heavy atom. The van der Waals surface area contributed by atoms with Gasteiger partial charge in [0.1, 0.15) is 47.6 Å². The van der Waals surface area contributed by atoms with Crippen LogP contribution in [0.5, 0.6) is 11.9 Å². The third-order valence-corrected chi connectivity index (χ3v) is 7.98. The number of nitrogens with two attached hydrogens (primary N) is 1. The van der Waals surface area contributed by atoms with Gasteiger partial charge in [0.15, 0.2) is 5.82 Å². The molecule has 0 spiro atoms. The Balaban J connectivity index is 1.52. The molecule has 6 heterocycles. The van der Waals surface area contributed by atoms with E-state index in [9.17, 15) is 17.6 Å². The molecule has 0 aromatic carbocycles. The Hall–Kier alpha value is -3.55. The number of aryl methyl sites for hydroxylation is 1. The van der Waals surface area contributed by atoms with Gasteiger partial charge in [0, 0.05) is 25.1 Å². The summed E-state index contributed by atoms with van der Waals surface area (Å²) in [6.45, 7) is 5.21. The maximum Gasteiger partial charge on any atom is 0.418 e. The number of halogens is 5. The summed E-state index contributed by atoms with van der Waals surface area (Å²) in [6.07, 6.45) is -3.85. The molecule has 2 N–H and O–H groups in total. The van der Waals surface area contributed by atoms with Gasteiger partial charge in [-0.25, -0.2) is 18.7 Å². The lowest BCUT2D eigenvalue weighted by Gasteiger charge is -2.31. The summed E-state index contributed by atoms with van der Waals surface area (Å²) in [5.74, 6) is -1.12. The van der Waals surface area contributed by atoms with Crippen LogP contribution < -0.4 is 20.1 Å². The minimum atomic E-state index is -4.86. The number of alkyl halides is 4. The zero-order chi connectivity index (χ0) is 28.4. The molecule has 3 aliphatic heterocycles. The number of hydrogen-bond donors (Lipinski definition) is 1. The van der Waals surface area contributed by atoms with Crippen molar-refractivity contribution in [3.8, 4) is 23.1 Å². The molecule has 2 saturated heterocycles. The van der Waals surface area contributed by atoms with Gasteiger partial charge in [-0.15, -0.1) is 0 Å². The van der Waals surface area contributed by atoms with Crippen LogP contribution in [0.4, 0.5) is 33.6 Å². The summed E-state index contributed by atoms with van der Waals surface area (Å²) < 4.78 is 84.6. The normalized spacial score (nSPS) is 22.9. The molecule has 9 nitrogen and oxygen atoms in total. The Kier molecular flexibility index (Phi) is 6.35. The van der Waals surface area contributed by atoms with E-state index in [1.165, 1.54) is 0 Å². The van der Waals surface area contributed by atoms with Gasteiger partial charge in [-0.2, -0.15) is 23.1 Å². The highest BCUT2D eigenvalue weighted by molar-refractivity contribution is 5.97. The molecule has 0 bridgehead atoms. The summed E-state index contributed by atoms with van der Waals surface area (Å²) in [5, 5.41) is 0.130. The van der Waals surface area contributed by atoms with E-state index in [4.69, 9.17) is 15.2 Å². The first-order valence-electron chi connectivity index (χ1n) is 13.2. The second-order valence-corrected chi connectivity index (χ2v) is 10.5. The number of fused-ring (bicyclic) bond motifs is 1. The van der Waals surface area contributed by atoms with Crippen LogP contribution in [0.3, 0.4) is 0 Å². The summed E-state index contributed by atoms with van der Waals surface area (Å²) in [6, 6.07) is 0.783. The molecule has 3 aromatic heterocycles. The molecular weight excluding hydrogens is 537 g/mol. The van der Waals surface area contributed by atoms with E-state index in [0.29, 0.717) is 31.9 Å². The van der Waals surface area contributed by atoms with Crippen molar-refractivity contribution in [1.29, 1.82) is 0 Å². The van der Waals surface area contributed by atoms with Crippen LogP contribution in [-0.4, -0.2) is 75.9 Å². The van der Waals surface area contributed by atoms with E-state index < -0.39 is 46.2 Å². The predicted molar refractivity (Wildman–Crippen MR) is 137 cm³/mol. The molecule has 214 valence electrons. The molecule has 0 aliphatic carbocycles. The lowest BCUT2D eigenvalue weighted by Crippen LogP contribution is -2.43. The number of nitrogens with zero attached hydrogens (tertiary/aromatic N) is 6. The lowest BCUT2D eigenvalue weighted by molar-refractivity contribution is -0.137. The van der Waals surface area contributed by atoms with E-state index in [1.807, 2.05) is 11.8 Å². The zero-order valence-corrected chi connectivity index (χ0v) is 22.0. The molecule has 0 amide bonds. The minimum Gasteiger partial charge on any atom is -0.475 e. The fraction of sp³-hybridized carbons (Fsp3) is 0.538. The van der Waals surface area contributed by atoms with Gasteiger partial charge in [-0.1, -0.05) is 0 Å². The SMILES string of the molecule is CCN1CCOc2nc(-c3cc(N)nc(C)c3C(F)(F)F)c(F)c3nc(OC[C@@]45CCCN4CC(F)C5)nc1c23. The molecule has 1 unspecified atom stereocenters. The molecule has 3 aliphatic rings. The van der Waals surface area contributed by atoms with Gasteiger partial charge in [0.25, 0.3) is 0 Å². The first-order chi connectivity index (χ1) is 19.0. The van der Waals surface area contributed by atoms with Crippen LogP contribution in [0.1, 0.15) is 37.4 Å². The quantitative estimate of drug-likeness (QED) is 0.454. The van der Waals surface area contributed by atoms with Gasteiger partial charge in [-0.3, -0.25) is 4.90 Å². The van der Waals surface area contributed by atoms with Crippen LogP contribution >= 0.6 is 0 Å².